The van der Waals surface area contributed by atoms with Gasteiger partial charge in [0.1, 0.15) is 0 Å². The van der Waals surface area contributed by atoms with E-state index in [1.165, 1.54) is 29.2 Å². The fourth-order valence-corrected chi connectivity index (χ4v) is 1.61. The number of aromatic nitrogens is 4. The van der Waals surface area contributed by atoms with Crippen LogP contribution in [0.1, 0.15) is 0 Å². The van der Waals surface area contributed by atoms with Crippen LogP contribution in [0.25, 0.3) is 11.3 Å². The van der Waals surface area contributed by atoms with Crippen molar-refractivity contribution < 1.29 is 55.8 Å². The number of pyridine rings is 1. The minimum atomic E-state index is -0.613. The third-order valence-corrected chi connectivity index (χ3v) is 2.38. The summed E-state index contributed by atoms with van der Waals surface area (Å²) in [5, 5.41) is 0. The van der Waals surface area contributed by atoms with Crippen molar-refractivity contribution in [3.8, 4) is 5.69 Å². The van der Waals surface area contributed by atoms with E-state index in [1.807, 2.05) is 0 Å². The van der Waals surface area contributed by atoms with Gasteiger partial charge in [-0.05, 0) is 11.9 Å². The van der Waals surface area contributed by atoms with Crippen LogP contribution in [-0.4, -0.2) is 18.9 Å². The zero-order valence-corrected chi connectivity index (χ0v) is 12.7. The van der Waals surface area contributed by atoms with Crippen molar-refractivity contribution in [1.82, 2.24) is 18.9 Å². The van der Waals surface area contributed by atoms with E-state index in [4.69, 9.17) is 0 Å². The molecule has 3 aromatic rings. The molecule has 84 valence electrons. The average molecular weight is 268 g/mol. The number of hydrogen-bond acceptors (Lipinski definition) is 3. The van der Waals surface area contributed by atoms with Crippen molar-refractivity contribution in [3.05, 3.63) is 59.4 Å². The molecular formula is C11H6FKN4O. The molecule has 0 saturated heterocycles. The molecule has 0 amide bonds. The number of halogens is 1. The third-order valence-electron chi connectivity index (χ3n) is 2.38. The van der Waals surface area contributed by atoms with Crippen LogP contribution in [0.4, 0.5) is 4.39 Å². The van der Waals surface area contributed by atoms with Crippen LogP contribution in [0, 0.1) is 12.0 Å². The van der Waals surface area contributed by atoms with Crippen LogP contribution in [0.2, 0.25) is 0 Å². The van der Waals surface area contributed by atoms with Crippen LogP contribution in [0.3, 0.4) is 0 Å². The number of fused-ring (bicyclic) bond motifs is 1. The molecule has 3 heterocycles. The average Bonchev–Trinajstić information content (AvgIpc) is 2.78. The number of rotatable bonds is 1. The number of nitrogens with zero attached hydrogens (tertiary/aromatic N) is 4. The van der Waals surface area contributed by atoms with E-state index in [2.05, 4.69) is 16.2 Å². The van der Waals surface area contributed by atoms with Gasteiger partial charge in [0.2, 0.25) is 5.65 Å². The zero-order chi connectivity index (χ0) is 11.8. The van der Waals surface area contributed by atoms with E-state index in [0.29, 0.717) is 5.69 Å². The van der Waals surface area contributed by atoms with Gasteiger partial charge in [-0.15, -0.1) is 6.07 Å². The maximum Gasteiger partial charge on any atom is 1.00 e. The molecule has 0 N–H and O–H groups in total. The van der Waals surface area contributed by atoms with Gasteiger partial charge in [-0.3, -0.25) is 4.79 Å². The van der Waals surface area contributed by atoms with Gasteiger partial charge in [0.25, 0.3) is 5.56 Å². The van der Waals surface area contributed by atoms with Gasteiger partial charge in [0, 0.05) is 30.6 Å². The number of hydrogen-bond donors (Lipinski definition) is 0. The molecule has 18 heavy (non-hydrogen) atoms. The summed E-state index contributed by atoms with van der Waals surface area (Å²) in [4.78, 5) is 19.5. The summed E-state index contributed by atoms with van der Waals surface area (Å²) >= 11 is 0. The summed E-state index contributed by atoms with van der Waals surface area (Å²) in [7, 11) is 0. The molecule has 0 aliphatic carbocycles. The summed E-state index contributed by atoms with van der Waals surface area (Å²) in [6, 6.07) is 1.19. The second-order valence-electron chi connectivity index (χ2n) is 3.42. The van der Waals surface area contributed by atoms with Crippen LogP contribution in [-0.2, 0) is 0 Å². The smallest absolute Gasteiger partial charge is 0.389 e. The first kappa shape index (κ1) is 13.6. The van der Waals surface area contributed by atoms with Crippen molar-refractivity contribution >= 4 is 5.65 Å². The van der Waals surface area contributed by atoms with Crippen LogP contribution < -0.4 is 56.9 Å². The Morgan fingerprint density at radius 3 is 2.89 bits per heavy atom. The Morgan fingerprint density at radius 1 is 1.28 bits per heavy atom. The van der Waals surface area contributed by atoms with Crippen molar-refractivity contribution in [2.75, 3.05) is 0 Å². The van der Waals surface area contributed by atoms with E-state index >= 15 is 0 Å². The van der Waals surface area contributed by atoms with E-state index < -0.39 is 5.82 Å². The Morgan fingerprint density at radius 2 is 2.11 bits per heavy atom. The largest absolute Gasteiger partial charge is 1.00 e. The molecule has 0 unspecified atom stereocenters. The van der Waals surface area contributed by atoms with Crippen molar-refractivity contribution in [1.29, 1.82) is 0 Å². The van der Waals surface area contributed by atoms with Gasteiger partial charge in [-0.25, -0.2) is 9.37 Å². The first-order valence-electron chi connectivity index (χ1n) is 4.83. The second-order valence-corrected chi connectivity index (χ2v) is 3.42. The molecule has 0 atom stereocenters. The van der Waals surface area contributed by atoms with E-state index in [-0.39, 0.29) is 62.6 Å². The molecule has 0 spiro atoms. The Balaban J connectivity index is 0.00000120. The fourth-order valence-electron chi connectivity index (χ4n) is 1.61. The van der Waals surface area contributed by atoms with Crippen LogP contribution in [0.5, 0.6) is 0 Å². The number of imidazole rings is 1. The van der Waals surface area contributed by atoms with E-state index in [9.17, 15) is 9.18 Å². The normalized spacial score (nSPS) is 10.3. The molecular weight excluding hydrogens is 262 g/mol. The molecule has 0 aromatic carbocycles. The summed E-state index contributed by atoms with van der Waals surface area (Å²) in [6.07, 6.45) is 9.90. The van der Waals surface area contributed by atoms with Gasteiger partial charge in [-0.2, -0.15) is 0 Å². The zero-order valence-electron chi connectivity index (χ0n) is 9.54. The summed E-state index contributed by atoms with van der Waals surface area (Å²) in [5.41, 5.74) is 0.294. The van der Waals surface area contributed by atoms with E-state index in [0.717, 1.165) is 0 Å². The summed E-state index contributed by atoms with van der Waals surface area (Å²) < 4.78 is 15.9. The predicted octanol–water partition coefficient (Wildman–Crippen LogP) is -2.18. The summed E-state index contributed by atoms with van der Waals surface area (Å²) in [5.74, 6) is -0.613. The molecule has 3 rings (SSSR count). The Hall–Kier alpha value is -0.864. The van der Waals surface area contributed by atoms with Crippen LogP contribution >= 0.6 is 0 Å². The first-order chi connectivity index (χ1) is 8.25. The Kier molecular flexibility index (Phi) is 4.08. The van der Waals surface area contributed by atoms with Gasteiger partial charge in [-0.1, -0.05) is 6.20 Å². The molecule has 0 fully saturated rings. The molecule has 0 aliphatic heterocycles. The molecule has 0 bridgehead atoms. The molecule has 5 nitrogen and oxygen atoms in total. The molecule has 7 heteroatoms. The standard InChI is InChI=1S/C11H6FN4O.K/c12-8-5-9(7-13-6-8)16-4-3-15-2-1-14-10(15)11(16)17;/h1-5,7H;/q-1;+1. The van der Waals surface area contributed by atoms with Gasteiger partial charge >= 0.3 is 51.4 Å². The molecule has 3 aromatic heterocycles. The third kappa shape index (κ3) is 2.32. The minimum Gasteiger partial charge on any atom is -0.389 e. The minimum absolute atomic E-state index is 0. The Bertz CT molecular complexity index is 752. The molecule has 0 radical (unpaired) electrons. The second kappa shape index (κ2) is 5.41. The molecule has 0 aliphatic rings. The topological polar surface area (TPSA) is 52.2 Å². The Labute approximate surface area is 144 Å². The maximum atomic E-state index is 13.0. The maximum absolute atomic E-state index is 13.0. The van der Waals surface area contributed by atoms with Crippen LogP contribution in [0.15, 0.2) is 41.8 Å². The monoisotopic (exact) mass is 268 g/mol. The van der Waals surface area contributed by atoms with E-state index in [1.54, 1.807) is 16.8 Å². The quantitative estimate of drug-likeness (QED) is 0.373. The SMILES string of the molecule is O=c1c2nccn2ccn1-c1cn[c-]c(F)c1.[K+]. The van der Waals surface area contributed by atoms with Gasteiger partial charge in [0.05, 0.1) is 0 Å². The fraction of sp³-hybridized carbons (Fsp3) is 0. The van der Waals surface area contributed by atoms with Crippen molar-refractivity contribution in [2.24, 2.45) is 0 Å². The molecule has 0 saturated carbocycles. The van der Waals surface area contributed by atoms with Gasteiger partial charge < -0.3 is 14.0 Å². The summed E-state index contributed by atoms with van der Waals surface area (Å²) in [6.45, 7) is 0. The predicted molar refractivity (Wildman–Crippen MR) is 57.4 cm³/mol. The van der Waals surface area contributed by atoms with Gasteiger partial charge in [0.15, 0.2) is 0 Å². The van der Waals surface area contributed by atoms with Crippen molar-refractivity contribution in [3.63, 3.8) is 0 Å². The van der Waals surface area contributed by atoms with Crippen molar-refractivity contribution in [2.45, 2.75) is 0 Å². The first-order valence-corrected chi connectivity index (χ1v) is 4.83.